The highest BCUT2D eigenvalue weighted by Crippen LogP contribution is 2.34. The predicted molar refractivity (Wildman–Crippen MR) is 100 cm³/mol. The Balaban J connectivity index is 1.39. The highest BCUT2D eigenvalue weighted by atomic mass is 32.1. The van der Waals surface area contributed by atoms with E-state index in [0.29, 0.717) is 18.4 Å². The first-order chi connectivity index (χ1) is 12.3. The lowest BCUT2D eigenvalue weighted by atomic mass is 9.91. The van der Waals surface area contributed by atoms with E-state index in [9.17, 15) is 4.79 Å². The molecule has 0 radical (unpaired) electrons. The minimum atomic E-state index is 0.199. The summed E-state index contributed by atoms with van der Waals surface area (Å²) in [6, 6.07) is 10.5. The van der Waals surface area contributed by atoms with Crippen molar-refractivity contribution in [1.82, 2.24) is 14.8 Å². The first-order valence-corrected chi connectivity index (χ1v) is 10.1. The normalized spacial score (nSPS) is 24.6. The van der Waals surface area contributed by atoms with Crippen LogP contribution in [-0.4, -0.2) is 46.9 Å². The first kappa shape index (κ1) is 16.7. The van der Waals surface area contributed by atoms with Crippen molar-refractivity contribution >= 4 is 17.2 Å². The Morgan fingerprint density at radius 1 is 1.28 bits per heavy atom. The molecule has 2 saturated heterocycles. The molecule has 1 aromatic carbocycles. The second-order valence-electron chi connectivity index (χ2n) is 7.19. The summed E-state index contributed by atoms with van der Waals surface area (Å²) < 4.78 is 0. The number of piperidine rings is 1. The fraction of sp³-hybridized carbons (Fsp3) is 0.500. The molecular formula is C20H25N3OS. The summed E-state index contributed by atoms with van der Waals surface area (Å²) in [6.45, 7) is 4.72. The van der Waals surface area contributed by atoms with E-state index < -0.39 is 0 Å². The van der Waals surface area contributed by atoms with Crippen LogP contribution in [0.2, 0.25) is 0 Å². The number of carbonyl (C=O) groups excluding carboxylic acids is 1. The van der Waals surface area contributed by atoms with Gasteiger partial charge in [0.05, 0.1) is 12.5 Å². The van der Waals surface area contributed by atoms with Gasteiger partial charge >= 0.3 is 0 Å². The van der Waals surface area contributed by atoms with E-state index in [1.54, 1.807) is 11.3 Å². The van der Waals surface area contributed by atoms with E-state index in [2.05, 4.69) is 39.0 Å². The monoisotopic (exact) mass is 355 g/mol. The van der Waals surface area contributed by atoms with Crippen LogP contribution in [0.5, 0.6) is 0 Å². The fourth-order valence-corrected chi connectivity index (χ4v) is 4.81. The summed E-state index contributed by atoms with van der Waals surface area (Å²) in [5, 5.41) is 3.03. The van der Waals surface area contributed by atoms with Crippen LogP contribution >= 0.6 is 11.3 Å². The van der Waals surface area contributed by atoms with Gasteiger partial charge in [-0.3, -0.25) is 4.79 Å². The Bertz CT molecular complexity index is 688. The Morgan fingerprint density at radius 3 is 2.84 bits per heavy atom. The molecule has 2 aliphatic rings. The minimum absolute atomic E-state index is 0.199. The second kappa shape index (κ2) is 7.67. The lowest BCUT2D eigenvalue weighted by molar-refractivity contribution is -0.137. The molecule has 5 heteroatoms. The third kappa shape index (κ3) is 3.93. The number of aryl methyl sites for hydroxylation is 1. The Kier molecular flexibility index (Phi) is 5.13. The lowest BCUT2D eigenvalue weighted by Crippen LogP contribution is -2.41. The van der Waals surface area contributed by atoms with Crippen LogP contribution in [-0.2, 0) is 17.8 Å². The molecule has 4 rings (SSSR count). The molecule has 0 aliphatic carbocycles. The summed E-state index contributed by atoms with van der Waals surface area (Å²) >= 11 is 1.64. The van der Waals surface area contributed by atoms with Gasteiger partial charge in [-0.05, 0) is 37.3 Å². The van der Waals surface area contributed by atoms with Crippen molar-refractivity contribution in [3.8, 4) is 0 Å². The number of hydrogen-bond acceptors (Lipinski definition) is 4. The van der Waals surface area contributed by atoms with Crippen molar-refractivity contribution < 1.29 is 4.79 Å². The van der Waals surface area contributed by atoms with Crippen LogP contribution in [0.25, 0.3) is 0 Å². The molecule has 1 amide bonds. The second-order valence-corrected chi connectivity index (χ2v) is 8.17. The molecule has 0 spiro atoms. The standard InChI is InChI=1S/C20H25N3OS/c24-20(18-14-22-11-8-17(18)13-22)23(15-19-21-9-12-25-19)10-4-7-16-5-2-1-3-6-16/h1-3,5-6,9,12,17-18H,4,7-8,10-11,13-15H2. The summed E-state index contributed by atoms with van der Waals surface area (Å²) in [4.78, 5) is 22.1. The van der Waals surface area contributed by atoms with Gasteiger partial charge in [0.15, 0.2) is 0 Å². The number of nitrogens with zero attached hydrogens (tertiary/aromatic N) is 3. The zero-order chi connectivity index (χ0) is 17.1. The third-order valence-electron chi connectivity index (χ3n) is 5.51. The topological polar surface area (TPSA) is 36.4 Å². The number of thiazole rings is 1. The summed E-state index contributed by atoms with van der Waals surface area (Å²) in [5.41, 5.74) is 1.34. The van der Waals surface area contributed by atoms with Crippen LogP contribution < -0.4 is 0 Å². The largest absolute Gasteiger partial charge is 0.336 e. The number of benzene rings is 1. The van der Waals surface area contributed by atoms with Crippen LogP contribution in [0.15, 0.2) is 41.9 Å². The van der Waals surface area contributed by atoms with Crippen molar-refractivity contribution in [3.63, 3.8) is 0 Å². The molecule has 2 fully saturated rings. The van der Waals surface area contributed by atoms with Gasteiger partial charge in [0.2, 0.25) is 5.91 Å². The van der Waals surface area contributed by atoms with Gasteiger partial charge in [-0.1, -0.05) is 30.3 Å². The molecule has 25 heavy (non-hydrogen) atoms. The maximum absolute atomic E-state index is 13.2. The zero-order valence-corrected chi connectivity index (χ0v) is 15.3. The van der Waals surface area contributed by atoms with Crippen LogP contribution in [0.1, 0.15) is 23.4 Å². The van der Waals surface area contributed by atoms with Crippen molar-refractivity contribution in [3.05, 3.63) is 52.5 Å². The summed E-state index contributed by atoms with van der Waals surface area (Å²) in [6.07, 6.45) is 5.03. The molecule has 3 unspecified atom stereocenters. The smallest absolute Gasteiger partial charge is 0.227 e. The SMILES string of the molecule is O=C(C1CN2CCC1C2)N(CCCc1ccccc1)Cc1nccs1. The van der Waals surface area contributed by atoms with E-state index in [1.807, 2.05) is 17.6 Å². The lowest BCUT2D eigenvalue weighted by Gasteiger charge is -2.29. The van der Waals surface area contributed by atoms with Crippen molar-refractivity contribution in [2.24, 2.45) is 11.8 Å². The van der Waals surface area contributed by atoms with Crippen LogP contribution in [0.3, 0.4) is 0 Å². The quantitative estimate of drug-likeness (QED) is 0.766. The Hall–Kier alpha value is -1.72. The molecule has 2 aromatic rings. The number of carbonyl (C=O) groups is 1. The maximum atomic E-state index is 13.2. The summed E-state index contributed by atoms with van der Waals surface area (Å²) in [5.74, 6) is 1.11. The predicted octanol–water partition coefficient (Wildman–Crippen LogP) is 3.06. The van der Waals surface area contributed by atoms with E-state index in [-0.39, 0.29) is 5.92 Å². The van der Waals surface area contributed by atoms with Gasteiger partial charge in [0, 0.05) is 31.2 Å². The Labute approximate surface area is 153 Å². The molecule has 2 bridgehead atoms. The highest BCUT2D eigenvalue weighted by molar-refractivity contribution is 7.09. The molecule has 3 atom stereocenters. The fourth-order valence-electron chi connectivity index (χ4n) is 4.18. The highest BCUT2D eigenvalue weighted by Gasteiger charge is 2.43. The summed E-state index contributed by atoms with van der Waals surface area (Å²) in [7, 11) is 0. The molecule has 3 heterocycles. The molecule has 1 aromatic heterocycles. The number of amides is 1. The van der Waals surface area contributed by atoms with Crippen LogP contribution in [0, 0.1) is 11.8 Å². The van der Waals surface area contributed by atoms with Gasteiger partial charge in [-0.2, -0.15) is 0 Å². The number of aromatic nitrogens is 1. The molecule has 0 saturated carbocycles. The average molecular weight is 356 g/mol. The van der Waals surface area contributed by atoms with Crippen LogP contribution in [0.4, 0.5) is 0 Å². The third-order valence-corrected chi connectivity index (χ3v) is 6.27. The van der Waals surface area contributed by atoms with Crippen molar-refractivity contribution in [2.45, 2.75) is 25.8 Å². The van der Waals surface area contributed by atoms with E-state index in [0.717, 1.165) is 37.5 Å². The average Bonchev–Trinajstić information content (AvgIpc) is 3.39. The van der Waals surface area contributed by atoms with Crippen molar-refractivity contribution in [1.29, 1.82) is 0 Å². The Morgan fingerprint density at radius 2 is 2.16 bits per heavy atom. The minimum Gasteiger partial charge on any atom is -0.336 e. The van der Waals surface area contributed by atoms with Gasteiger partial charge in [0.1, 0.15) is 5.01 Å². The zero-order valence-electron chi connectivity index (χ0n) is 14.5. The first-order valence-electron chi connectivity index (χ1n) is 9.23. The van der Waals surface area contributed by atoms with Gasteiger partial charge in [0.25, 0.3) is 0 Å². The molecule has 132 valence electrons. The van der Waals surface area contributed by atoms with Gasteiger partial charge in [-0.15, -0.1) is 11.3 Å². The molecule has 0 N–H and O–H groups in total. The number of hydrogen-bond donors (Lipinski definition) is 0. The molecule has 4 nitrogen and oxygen atoms in total. The van der Waals surface area contributed by atoms with E-state index in [1.165, 1.54) is 18.5 Å². The van der Waals surface area contributed by atoms with Crippen molar-refractivity contribution in [2.75, 3.05) is 26.2 Å². The molecular weight excluding hydrogens is 330 g/mol. The number of fused-ring (bicyclic) bond motifs is 2. The number of rotatable bonds is 7. The van der Waals surface area contributed by atoms with Gasteiger partial charge < -0.3 is 9.80 Å². The van der Waals surface area contributed by atoms with Gasteiger partial charge in [-0.25, -0.2) is 4.98 Å². The maximum Gasteiger partial charge on any atom is 0.227 e. The van der Waals surface area contributed by atoms with E-state index >= 15 is 0 Å². The van der Waals surface area contributed by atoms with E-state index in [4.69, 9.17) is 0 Å². The molecule has 2 aliphatic heterocycles.